The second-order valence-electron chi connectivity index (χ2n) is 13.0. The Morgan fingerprint density at radius 1 is 0.784 bits per heavy atom. The largest absolute Gasteiger partial charge is 0.508 e. The molecule has 0 saturated heterocycles. The first kappa shape index (κ1) is 29.4. The van der Waals surface area contributed by atoms with Crippen molar-refractivity contribution in [3.8, 4) is 5.75 Å². The summed E-state index contributed by atoms with van der Waals surface area (Å²) in [5, 5.41) is 11.2. The maximum Gasteiger partial charge on any atom is 0.200 e. The van der Waals surface area contributed by atoms with E-state index in [2.05, 4.69) is 72.6 Å². The summed E-state index contributed by atoms with van der Waals surface area (Å²) in [6.45, 7) is 25.2. The van der Waals surface area contributed by atoms with Crippen LogP contribution in [0.25, 0.3) is 21.9 Å². The van der Waals surface area contributed by atoms with E-state index in [4.69, 9.17) is 13.3 Å². The summed E-state index contributed by atoms with van der Waals surface area (Å²) in [7, 11) is -3.76. The zero-order chi connectivity index (χ0) is 27.8. The predicted octanol–water partition coefficient (Wildman–Crippen LogP) is 7.50. The van der Waals surface area contributed by atoms with Crippen molar-refractivity contribution >= 4 is 44.3 Å². The molecule has 0 unspecified atom stereocenters. The Hall–Kier alpha value is -2.14. The number of nitrogens with zero attached hydrogens (tertiary/aromatic N) is 1. The van der Waals surface area contributed by atoms with Crippen LogP contribution in [0, 0.1) is 0 Å². The highest BCUT2D eigenvalue weighted by atomic mass is 28.4. The molecule has 1 heterocycles. The Kier molecular flexibility index (Phi) is 8.39. The lowest BCUT2D eigenvalue weighted by Crippen LogP contribution is -2.44. The highest BCUT2D eigenvalue weighted by Crippen LogP contribution is 2.37. The Labute approximate surface area is 223 Å². The van der Waals surface area contributed by atoms with Gasteiger partial charge in [0.2, 0.25) is 5.43 Å². The van der Waals surface area contributed by atoms with Gasteiger partial charge in [0, 0.05) is 30.9 Å². The van der Waals surface area contributed by atoms with Crippen molar-refractivity contribution in [3.63, 3.8) is 0 Å². The van der Waals surface area contributed by atoms with Crippen LogP contribution >= 0.6 is 0 Å². The minimum absolute atomic E-state index is 0.0679. The minimum Gasteiger partial charge on any atom is -0.508 e. The number of rotatable bonds is 9. The van der Waals surface area contributed by atoms with Crippen LogP contribution in [-0.4, -0.2) is 48.0 Å². The standard InChI is InChI=1S/C29H45NO5Si2/c1-28(2,3)36(7,8)33-17-15-30(16-18-34-37(9,10)29(4,5)6)21-11-13-23-25(19-21)35-26-20-22(31)12-14-24(26)27(23)32/h11-14,19-20,31H,15-18H2,1-10H3. The van der Waals surface area contributed by atoms with Crippen LogP contribution < -0.4 is 10.3 Å². The summed E-state index contributed by atoms with van der Waals surface area (Å²) >= 11 is 0. The highest BCUT2D eigenvalue weighted by molar-refractivity contribution is 6.74. The molecule has 37 heavy (non-hydrogen) atoms. The lowest BCUT2D eigenvalue weighted by atomic mass is 10.1. The van der Waals surface area contributed by atoms with E-state index in [0.29, 0.717) is 48.2 Å². The first-order valence-electron chi connectivity index (χ1n) is 13.2. The van der Waals surface area contributed by atoms with Crippen molar-refractivity contribution in [1.82, 2.24) is 0 Å². The quantitative estimate of drug-likeness (QED) is 0.222. The molecule has 2 aromatic carbocycles. The fraction of sp³-hybridized carbons (Fsp3) is 0.552. The van der Waals surface area contributed by atoms with Crippen LogP contribution in [-0.2, 0) is 8.85 Å². The number of hydrogen-bond donors (Lipinski definition) is 1. The first-order valence-corrected chi connectivity index (χ1v) is 19.0. The second-order valence-corrected chi connectivity index (χ2v) is 22.6. The van der Waals surface area contributed by atoms with Crippen LogP contribution in [0.1, 0.15) is 41.5 Å². The van der Waals surface area contributed by atoms with E-state index in [1.807, 2.05) is 18.2 Å². The summed E-state index contributed by atoms with van der Waals surface area (Å²) in [5.41, 5.74) is 1.73. The molecule has 0 aliphatic carbocycles. The van der Waals surface area contributed by atoms with Crippen molar-refractivity contribution in [2.75, 3.05) is 31.2 Å². The topological polar surface area (TPSA) is 72.1 Å². The first-order chi connectivity index (χ1) is 16.9. The number of anilines is 1. The molecule has 0 aliphatic heterocycles. The monoisotopic (exact) mass is 543 g/mol. The van der Waals surface area contributed by atoms with Crippen molar-refractivity contribution in [2.45, 2.75) is 77.8 Å². The number of phenolic OH excluding ortho intramolecular Hbond substituents is 1. The average molecular weight is 544 g/mol. The molecule has 204 valence electrons. The number of hydrogen-bond acceptors (Lipinski definition) is 6. The molecule has 0 aliphatic rings. The zero-order valence-electron chi connectivity index (χ0n) is 24.3. The van der Waals surface area contributed by atoms with E-state index in [9.17, 15) is 9.90 Å². The van der Waals surface area contributed by atoms with Gasteiger partial charge in [-0.3, -0.25) is 4.79 Å². The maximum absolute atomic E-state index is 13.0. The fourth-order valence-electron chi connectivity index (χ4n) is 3.65. The number of benzene rings is 2. The van der Waals surface area contributed by atoms with Crippen molar-refractivity contribution in [2.24, 2.45) is 0 Å². The van der Waals surface area contributed by atoms with E-state index in [0.717, 1.165) is 5.69 Å². The molecule has 1 aromatic heterocycles. The molecule has 3 aromatic rings. The van der Waals surface area contributed by atoms with Gasteiger partial charge in [-0.2, -0.15) is 0 Å². The molecular formula is C29H45NO5Si2. The van der Waals surface area contributed by atoms with Gasteiger partial charge in [-0.05, 0) is 60.5 Å². The van der Waals surface area contributed by atoms with Crippen LogP contribution in [0.2, 0.25) is 36.3 Å². The van der Waals surface area contributed by atoms with Gasteiger partial charge in [-0.1, -0.05) is 41.5 Å². The van der Waals surface area contributed by atoms with E-state index in [-0.39, 0.29) is 21.3 Å². The highest BCUT2D eigenvalue weighted by Gasteiger charge is 2.38. The van der Waals surface area contributed by atoms with Crippen molar-refractivity contribution in [1.29, 1.82) is 0 Å². The van der Waals surface area contributed by atoms with Gasteiger partial charge < -0.3 is 23.3 Å². The molecule has 0 fully saturated rings. The SMILES string of the molecule is CC(C)(C)[Si](C)(C)OCCN(CCO[Si](C)(C)C(C)(C)C)c1ccc2c(=O)c3ccc(O)cc3oc2c1. The fourth-order valence-corrected chi connectivity index (χ4v) is 5.72. The smallest absolute Gasteiger partial charge is 0.200 e. The van der Waals surface area contributed by atoms with Crippen molar-refractivity contribution in [3.05, 3.63) is 46.6 Å². The van der Waals surface area contributed by atoms with E-state index in [1.54, 1.807) is 6.07 Å². The summed E-state index contributed by atoms with van der Waals surface area (Å²) in [5.74, 6) is 0.0679. The van der Waals surface area contributed by atoms with Gasteiger partial charge in [0.05, 0.1) is 24.0 Å². The summed E-state index contributed by atoms with van der Waals surface area (Å²) < 4.78 is 19.0. The summed E-state index contributed by atoms with van der Waals surface area (Å²) in [6, 6.07) is 10.3. The molecule has 0 bridgehead atoms. The molecule has 1 N–H and O–H groups in total. The number of aromatic hydroxyl groups is 1. The van der Waals surface area contributed by atoms with Gasteiger partial charge in [0.1, 0.15) is 16.9 Å². The van der Waals surface area contributed by atoms with E-state index in [1.165, 1.54) is 12.1 Å². The molecule has 6 nitrogen and oxygen atoms in total. The second kappa shape index (κ2) is 10.6. The molecule has 8 heteroatoms. The maximum atomic E-state index is 13.0. The average Bonchev–Trinajstić information content (AvgIpc) is 2.76. The minimum atomic E-state index is -1.88. The van der Waals surface area contributed by atoms with Crippen LogP contribution in [0.4, 0.5) is 5.69 Å². The molecule has 0 atom stereocenters. The van der Waals surface area contributed by atoms with E-state index < -0.39 is 16.6 Å². The number of phenols is 1. The molecule has 0 amide bonds. The third-order valence-corrected chi connectivity index (χ3v) is 17.3. The predicted molar refractivity (Wildman–Crippen MR) is 160 cm³/mol. The Morgan fingerprint density at radius 2 is 1.24 bits per heavy atom. The normalized spacial score (nSPS) is 13.5. The summed E-state index contributed by atoms with van der Waals surface area (Å²) in [6.07, 6.45) is 0. The molecular weight excluding hydrogens is 498 g/mol. The Bertz CT molecular complexity index is 1270. The number of fused-ring (bicyclic) bond motifs is 2. The van der Waals surface area contributed by atoms with Gasteiger partial charge in [-0.15, -0.1) is 0 Å². The van der Waals surface area contributed by atoms with Crippen LogP contribution in [0.5, 0.6) is 5.75 Å². The molecule has 0 spiro atoms. The van der Waals surface area contributed by atoms with Crippen LogP contribution in [0.3, 0.4) is 0 Å². The van der Waals surface area contributed by atoms with Gasteiger partial charge >= 0.3 is 0 Å². The van der Waals surface area contributed by atoms with Crippen molar-refractivity contribution < 1.29 is 18.4 Å². The van der Waals surface area contributed by atoms with Crippen LogP contribution in [0.15, 0.2) is 45.6 Å². The van der Waals surface area contributed by atoms with Gasteiger partial charge in [0.15, 0.2) is 16.6 Å². The lowest BCUT2D eigenvalue weighted by Gasteiger charge is -2.38. The Morgan fingerprint density at radius 3 is 1.73 bits per heavy atom. The van der Waals surface area contributed by atoms with Gasteiger partial charge in [0.25, 0.3) is 0 Å². The molecule has 0 saturated carbocycles. The zero-order valence-corrected chi connectivity index (χ0v) is 26.3. The lowest BCUT2D eigenvalue weighted by molar-refractivity contribution is 0.276. The molecule has 0 radical (unpaired) electrons. The Balaban J connectivity index is 1.91. The molecule has 3 rings (SSSR count). The third-order valence-electron chi connectivity index (χ3n) is 8.27. The summed E-state index contributed by atoms with van der Waals surface area (Å²) in [4.78, 5) is 15.3. The van der Waals surface area contributed by atoms with E-state index >= 15 is 0 Å². The third kappa shape index (κ3) is 6.66. The van der Waals surface area contributed by atoms with Gasteiger partial charge in [-0.25, -0.2) is 0 Å².